The average Bonchev–Trinajstić information content (AvgIpc) is 2.71. The Labute approximate surface area is 171 Å². The number of benzene rings is 2. The molecule has 8 nitrogen and oxygen atoms in total. The largest absolute Gasteiger partial charge is 0.493 e. The third-order valence-corrected chi connectivity index (χ3v) is 5.94. The number of hydrogen-bond acceptors (Lipinski definition) is 6. The predicted octanol–water partition coefficient (Wildman–Crippen LogP) is 1.83. The molecule has 2 aromatic rings. The molecule has 0 saturated carbocycles. The predicted molar refractivity (Wildman–Crippen MR) is 109 cm³/mol. The molecule has 0 unspecified atom stereocenters. The van der Waals surface area contributed by atoms with Crippen LogP contribution in [0.25, 0.3) is 0 Å². The highest BCUT2D eigenvalue weighted by Gasteiger charge is 2.24. The van der Waals surface area contributed by atoms with Gasteiger partial charge in [-0.15, -0.1) is 0 Å². The van der Waals surface area contributed by atoms with E-state index in [2.05, 4.69) is 5.32 Å². The first kappa shape index (κ1) is 22.5. The van der Waals surface area contributed by atoms with Crippen LogP contribution in [0, 0.1) is 6.92 Å². The minimum atomic E-state index is -3.86. The van der Waals surface area contributed by atoms with E-state index in [4.69, 9.17) is 14.2 Å². The number of carbonyl (C=O) groups excluding carboxylic acids is 1. The maximum absolute atomic E-state index is 12.7. The molecule has 0 spiro atoms. The lowest BCUT2D eigenvalue weighted by Gasteiger charge is -2.18. The Balaban J connectivity index is 1.88. The molecule has 0 bridgehead atoms. The van der Waals surface area contributed by atoms with Crippen molar-refractivity contribution in [2.75, 3.05) is 41.0 Å². The summed E-state index contributed by atoms with van der Waals surface area (Å²) in [5.41, 5.74) is 1.13. The first-order valence-corrected chi connectivity index (χ1v) is 10.4. The van der Waals surface area contributed by atoms with Gasteiger partial charge in [0.25, 0.3) is 0 Å². The quantitative estimate of drug-likeness (QED) is 0.587. The van der Waals surface area contributed by atoms with E-state index in [1.54, 1.807) is 0 Å². The molecule has 2 rings (SSSR count). The molecular formula is C20H26N2O6S. The van der Waals surface area contributed by atoms with Crippen LogP contribution in [0.5, 0.6) is 17.2 Å². The second-order valence-corrected chi connectivity index (χ2v) is 8.33. The highest BCUT2D eigenvalue weighted by atomic mass is 32.2. The van der Waals surface area contributed by atoms with Crippen molar-refractivity contribution >= 4 is 15.9 Å². The number of hydrogen-bond donors (Lipinski definition) is 1. The summed E-state index contributed by atoms with van der Waals surface area (Å²) >= 11 is 0. The molecule has 0 atom stereocenters. The second-order valence-electron chi connectivity index (χ2n) is 6.29. The molecule has 158 valence electrons. The van der Waals surface area contributed by atoms with Crippen LogP contribution in [0.4, 0.5) is 0 Å². The number of rotatable bonds is 10. The Hall–Kier alpha value is -2.78. The van der Waals surface area contributed by atoms with Gasteiger partial charge >= 0.3 is 0 Å². The Kier molecular flexibility index (Phi) is 7.86. The van der Waals surface area contributed by atoms with E-state index >= 15 is 0 Å². The van der Waals surface area contributed by atoms with E-state index < -0.39 is 15.9 Å². The van der Waals surface area contributed by atoms with Crippen LogP contribution in [0.2, 0.25) is 0 Å². The van der Waals surface area contributed by atoms with E-state index in [1.165, 1.54) is 39.5 Å². The molecule has 0 fully saturated rings. The number of amides is 1. The minimum absolute atomic E-state index is 0.00755. The molecule has 1 amide bonds. The van der Waals surface area contributed by atoms with Crippen LogP contribution >= 0.6 is 0 Å². The Morgan fingerprint density at radius 2 is 1.69 bits per heavy atom. The van der Waals surface area contributed by atoms with Crippen molar-refractivity contribution in [2.24, 2.45) is 0 Å². The van der Waals surface area contributed by atoms with E-state index in [0.29, 0.717) is 17.2 Å². The van der Waals surface area contributed by atoms with Crippen molar-refractivity contribution in [1.29, 1.82) is 0 Å². The first-order valence-electron chi connectivity index (χ1n) is 8.92. The van der Waals surface area contributed by atoms with Crippen molar-refractivity contribution in [3.8, 4) is 17.2 Å². The molecule has 0 radical (unpaired) electrons. The Bertz CT molecular complexity index is 928. The smallest absolute Gasteiger partial charge is 0.243 e. The number of likely N-dealkylation sites (N-methyl/N-ethyl adjacent to an activating group) is 1. The monoisotopic (exact) mass is 422 g/mol. The zero-order valence-electron chi connectivity index (χ0n) is 17.0. The minimum Gasteiger partial charge on any atom is -0.493 e. The number of nitrogens with one attached hydrogen (secondary N) is 1. The van der Waals surface area contributed by atoms with Crippen LogP contribution in [0.3, 0.4) is 0 Å². The summed E-state index contributed by atoms with van der Waals surface area (Å²) in [4.78, 5) is 12.1. The van der Waals surface area contributed by atoms with Crippen molar-refractivity contribution in [2.45, 2.75) is 11.8 Å². The molecule has 0 aliphatic heterocycles. The van der Waals surface area contributed by atoms with Gasteiger partial charge in [0, 0.05) is 13.1 Å². The number of sulfonamides is 1. The zero-order valence-corrected chi connectivity index (χ0v) is 17.8. The molecule has 1 N–H and O–H groups in total. The van der Waals surface area contributed by atoms with Gasteiger partial charge in [-0.1, -0.05) is 17.7 Å². The van der Waals surface area contributed by atoms with Gasteiger partial charge in [0.1, 0.15) is 12.4 Å². The fourth-order valence-electron chi connectivity index (χ4n) is 2.49. The van der Waals surface area contributed by atoms with Gasteiger partial charge in [-0.25, -0.2) is 8.42 Å². The van der Waals surface area contributed by atoms with E-state index in [9.17, 15) is 13.2 Å². The number of ether oxygens (including phenoxy) is 3. The lowest BCUT2D eigenvalue weighted by molar-refractivity contribution is -0.121. The topological polar surface area (TPSA) is 94.2 Å². The summed E-state index contributed by atoms with van der Waals surface area (Å²) in [5.74, 6) is 0.988. The SMILES string of the molecule is COc1ccc(S(=O)(=O)N(C)CC(=O)NCCOc2ccc(C)cc2)cc1OC. The normalized spacial score (nSPS) is 11.2. The molecule has 9 heteroatoms. The van der Waals surface area contributed by atoms with Crippen molar-refractivity contribution in [3.05, 3.63) is 48.0 Å². The number of methoxy groups -OCH3 is 2. The van der Waals surface area contributed by atoms with Crippen molar-refractivity contribution in [3.63, 3.8) is 0 Å². The summed E-state index contributed by atoms with van der Waals surface area (Å²) in [6, 6.07) is 11.8. The molecule has 0 saturated heterocycles. The Morgan fingerprint density at radius 1 is 1.03 bits per heavy atom. The lowest BCUT2D eigenvalue weighted by atomic mass is 10.2. The van der Waals surface area contributed by atoms with Gasteiger partial charge in [-0.05, 0) is 31.2 Å². The molecule has 0 heterocycles. The summed E-state index contributed by atoms with van der Waals surface area (Å²) in [6.45, 7) is 2.20. The third-order valence-electron chi connectivity index (χ3n) is 4.14. The molecule has 0 aliphatic rings. The van der Waals surface area contributed by atoms with Gasteiger partial charge in [0.2, 0.25) is 15.9 Å². The lowest BCUT2D eigenvalue weighted by Crippen LogP contribution is -2.39. The molecule has 29 heavy (non-hydrogen) atoms. The second kappa shape index (κ2) is 10.1. The van der Waals surface area contributed by atoms with Crippen LogP contribution in [-0.4, -0.2) is 59.6 Å². The van der Waals surface area contributed by atoms with Crippen molar-refractivity contribution < 1.29 is 27.4 Å². The molecule has 0 aromatic heterocycles. The van der Waals surface area contributed by atoms with Gasteiger partial charge in [0.15, 0.2) is 11.5 Å². The van der Waals surface area contributed by atoms with Gasteiger partial charge in [-0.2, -0.15) is 4.31 Å². The Morgan fingerprint density at radius 3 is 2.31 bits per heavy atom. The third kappa shape index (κ3) is 6.10. The molecule has 2 aromatic carbocycles. The van der Waals surface area contributed by atoms with Crippen LogP contribution in [0.15, 0.2) is 47.4 Å². The maximum atomic E-state index is 12.7. The fraction of sp³-hybridized carbons (Fsp3) is 0.350. The number of nitrogens with zero attached hydrogens (tertiary/aromatic N) is 1. The standard InChI is InChI=1S/C20H26N2O6S/c1-15-5-7-16(8-6-15)28-12-11-21-20(23)14-22(2)29(24,25)17-9-10-18(26-3)19(13-17)27-4/h5-10,13H,11-12,14H2,1-4H3,(H,21,23). The van der Waals surface area contributed by atoms with Gasteiger partial charge in [0.05, 0.1) is 32.2 Å². The summed E-state index contributed by atoms with van der Waals surface area (Å²) in [5, 5.41) is 2.64. The summed E-state index contributed by atoms with van der Waals surface area (Å²) in [6.07, 6.45) is 0. The maximum Gasteiger partial charge on any atom is 0.243 e. The highest BCUT2D eigenvalue weighted by Crippen LogP contribution is 2.30. The van der Waals surface area contributed by atoms with Crippen LogP contribution in [0.1, 0.15) is 5.56 Å². The number of carbonyl (C=O) groups is 1. The molecular weight excluding hydrogens is 396 g/mol. The van der Waals surface area contributed by atoms with Gasteiger partial charge in [-0.3, -0.25) is 4.79 Å². The highest BCUT2D eigenvalue weighted by molar-refractivity contribution is 7.89. The number of aryl methyl sites for hydroxylation is 1. The van der Waals surface area contributed by atoms with E-state index in [-0.39, 0.29) is 24.6 Å². The summed E-state index contributed by atoms with van der Waals surface area (Å²) < 4.78 is 42.2. The van der Waals surface area contributed by atoms with Crippen LogP contribution < -0.4 is 19.5 Å². The zero-order chi connectivity index (χ0) is 21.4. The first-order chi connectivity index (χ1) is 13.8. The van der Waals surface area contributed by atoms with E-state index in [0.717, 1.165) is 9.87 Å². The fourth-order valence-corrected chi connectivity index (χ4v) is 3.64. The van der Waals surface area contributed by atoms with Crippen LogP contribution in [-0.2, 0) is 14.8 Å². The van der Waals surface area contributed by atoms with Gasteiger partial charge < -0.3 is 19.5 Å². The molecule has 0 aliphatic carbocycles. The van der Waals surface area contributed by atoms with Crippen molar-refractivity contribution in [1.82, 2.24) is 9.62 Å². The van der Waals surface area contributed by atoms with E-state index in [1.807, 2.05) is 31.2 Å². The average molecular weight is 423 g/mol. The summed E-state index contributed by atoms with van der Waals surface area (Å²) in [7, 11) is 0.362.